The van der Waals surface area contributed by atoms with Crippen LogP contribution < -0.4 is 4.72 Å². The van der Waals surface area contributed by atoms with Gasteiger partial charge in [-0.15, -0.1) is 0 Å². The molecular formula is C12H11FN2O3S. The van der Waals surface area contributed by atoms with E-state index in [9.17, 15) is 12.8 Å². The van der Waals surface area contributed by atoms with Gasteiger partial charge in [-0.2, -0.15) is 0 Å². The maximum Gasteiger partial charge on any atom is 0.263 e. The van der Waals surface area contributed by atoms with E-state index < -0.39 is 15.8 Å². The van der Waals surface area contributed by atoms with Gasteiger partial charge in [0, 0.05) is 11.8 Å². The van der Waals surface area contributed by atoms with Crippen molar-refractivity contribution < 1.29 is 17.9 Å². The Labute approximate surface area is 109 Å². The number of halogens is 1. The Morgan fingerprint density at radius 3 is 2.68 bits per heavy atom. The second-order valence-electron chi connectivity index (χ2n) is 3.76. The molecule has 100 valence electrons. The lowest BCUT2D eigenvalue weighted by atomic mass is 10.2. The Hall–Kier alpha value is -1.99. The summed E-state index contributed by atoms with van der Waals surface area (Å²) in [5, 5.41) is 9.12. The standard InChI is InChI=1S/C12H11FN2O3S/c13-10-5-11(7-14-6-10)19(17,18)15-12-4-2-1-3-9(12)8-16/h1-7,15-16H,8H2. The normalized spacial score (nSPS) is 11.3. The van der Waals surface area contributed by atoms with Gasteiger partial charge in [0.05, 0.1) is 18.5 Å². The molecule has 2 rings (SSSR count). The van der Waals surface area contributed by atoms with Crippen molar-refractivity contribution in [1.29, 1.82) is 0 Å². The van der Waals surface area contributed by atoms with Gasteiger partial charge in [-0.1, -0.05) is 18.2 Å². The lowest BCUT2D eigenvalue weighted by molar-refractivity contribution is 0.282. The largest absolute Gasteiger partial charge is 0.392 e. The van der Waals surface area contributed by atoms with E-state index in [-0.39, 0.29) is 17.2 Å². The number of hydrogen-bond acceptors (Lipinski definition) is 4. The molecule has 0 saturated heterocycles. The molecule has 0 spiro atoms. The van der Waals surface area contributed by atoms with Crippen molar-refractivity contribution in [2.45, 2.75) is 11.5 Å². The molecule has 0 atom stereocenters. The highest BCUT2D eigenvalue weighted by atomic mass is 32.2. The third-order valence-electron chi connectivity index (χ3n) is 2.42. The summed E-state index contributed by atoms with van der Waals surface area (Å²) in [6.07, 6.45) is 1.97. The van der Waals surface area contributed by atoms with E-state index in [4.69, 9.17) is 5.11 Å². The van der Waals surface area contributed by atoms with Crippen LogP contribution in [0.2, 0.25) is 0 Å². The van der Waals surface area contributed by atoms with Gasteiger partial charge in [0.2, 0.25) is 0 Å². The number of rotatable bonds is 4. The zero-order valence-electron chi connectivity index (χ0n) is 9.75. The number of aliphatic hydroxyl groups excluding tert-OH is 1. The van der Waals surface area contributed by atoms with E-state index >= 15 is 0 Å². The van der Waals surface area contributed by atoms with Crippen molar-refractivity contribution in [3.05, 3.63) is 54.1 Å². The molecule has 7 heteroatoms. The van der Waals surface area contributed by atoms with Crippen LogP contribution in [0.15, 0.2) is 47.6 Å². The highest BCUT2D eigenvalue weighted by Crippen LogP contribution is 2.19. The minimum atomic E-state index is -3.93. The number of pyridine rings is 1. The number of nitrogens with zero attached hydrogens (tertiary/aromatic N) is 1. The summed E-state index contributed by atoms with van der Waals surface area (Å²) in [6, 6.07) is 7.27. The predicted octanol–water partition coefficient (Wildman–Crippen LogP) is 1.51. The van der Waals surface area contributed by atoms with E-state index in [0.29, 0.717) is 5.56 Å². The number of hydrogen-bond donors (Lipinski definition) is 2. The Morgan fingerprint density at radius 1 is 1.26 bits per heavy atom. The van der Waals surface area contributed by atoms with Crippen LogP contribution in [0.4, 0.5) is 10.1 Å². The minimum Gasteiger partial charge on any atom is -0.392 e. The van der Waals surface area contributed by atoms with Crippen LogP contribution in [0.3, 0.4) is 0 Å². The summed E-state index contributed by atoms with van der Waals surface area (Å²) in [5.41, 5.74) is 0.671. The molecule has 0 fully saturated rings. The highest BCUT2D eigenvalue weighted by Gasteiger charge is 2.16. The molecule has 0 aliphatic heterocycles. The third-order valence-corrected chi connectivity index (χ3v) is 3.75. The molecule has 0 aliphatic carbocycles. The molecule has 1 aromatic heterocycles. The van der Waals surface area contributed by atoms with Gasteiger partial charge >= 0.3 is 0 Å². The predicted molar refractivity (Wildman–Crippen MR) is 67.4 cm³/mol. The van der Waals surface area contributed by atoms with Crippen molar-refractivity contribution in [3.8, 4) is 0 Å². The minimum absolute atomic E-state index is 0.245. The first-order valence-corrected chi connectivity index (χ1v) is 6.83. The first-order valence-electron chi connectivity index (χ1n) is 5.35. The van der Waals surface area contributed by atoms with Crippen molar-refractivity contribution in [1.82, 2.24) is 4.98 Å². The van der Waals surface area contributed by atoms with Gasteiger partial charge in [0.15, 0.2) is 0 Å². The van der Waals surface area contributed by atoms with Gasteiger partial charge in [-0.05, 0) is 12.1 Å². The smallest absolute Gasteiger partial charge is 0.263 e. The molecule has 0 unspecified atom stereocenters. The fourth-order valence-electron chi connectivity index (χ4n) is 1.50. The van der Waals surface area contributed by atoms with Crippen LogP contribution in [-0.4, -0.2) is 18.5 Å². The summed E-state index contributed by atoms with van der Waals surface area (Å²) in [4.78, 5) is 3.21. The van der Waals surface area contributed by atoms with Gasteiger partial charge in [0.1, 0.15) is 10.7 Å². The fraction of sp³-hybridized carbons (Fsp3) is 0.0833. The molecule has 0 radical (unpaired) electrons. The highest BCUT2D eigenvalue weighted by molar-refractivity contribution is 7.92. The van der Waals surface area contributed by atoms with Crippen LogP contribution in [-0.2, 0) is 16.6 Å². The van der Waals surface area contributed by atoms with E-state index in [2.05, 4.69) is 9.71 Å². The molecule has 5 nitrogen and oxygen atoms in total. The lowest BCUT2D eigenvalue weighted by Gasteiger charge is -2.10. The zero-order valence-corrected chi connectivity index (χ0v) is 10.6. The molecular weight excluding hydrogens is 271 g/mol. The Balaban J connectivity index is 2.37. The number of benzene rings is 1. The molecule has 0 bridgehead atoms. The summed E-state index contributed by atoms with van der Waals surface area (Å²) >= 11 is 0. The van der Waals surface area contributed by atoms with Gasteiger partial charge in [-0.3, -0.25) is 9.71 Å². The molecule has 1 heterocycles. The fourth-order valence-corrected chi connectivity index (χ4v) is 2.57. The van der Waals surface area contributed by atoms with Crippen LogP contribution in [0, 0.1) is 5.82 Å². The maximum absolute atomic E-state index is 13.0. The molecule has 0 saturated carbocycles. The van der Waals surface area contributed by atoms with Crippen molar-refractivity contribution >= 4 is 15.7 Å². The Kier molecular flexibility index (Phi) is 3.77. The lowest BCUT2D eigenvalue weighted by Crippen LogP contribution is -2.14. The Bertz CT molecular complexity index is 689. The molecule has 0 aliphatic rings. The van der Waals surface area contributed by atoms with Gasteiger partial charge in [0.25, 0.3) is 10.0 Å². The summed E-state index contributed by atoms with van der Waals surface area (Å²) in [6.45, 7) is -0.305. The third kappa shape index (κ3) is 3.07. The van der Waals surface area contributed by atoms with Crippen LogP contribution in [0.25, 0.3) is 0 Å². The summed E-state index contributed by atoms with van der Waals surface area (Å²) in [7, 11) is -3.93. The van der Waals surface area contributed by atoms with Gasteiger partial charge in [-0.25, -0.2) is 12.8 Å². The monoisotopic (exact) mass is 282 g/mol. The van der Waals surface area contributed by atoms with E-state index in [0.717, 1.165) is 18.5 Å². The topological polar surface area (TPSA) is 79.3 Å². The SMILES string of the molecule is O=S(=O)(Nc1ccccc1CO)c1cncc(F)c1. The number of sulfonamides is 1. The first kappa shape index (κ1) is 13.4. The summed E-state index contributed by atoms with van der Waals surface area (Å²) in [5.74, 6) is -0.738. The molecule has 19 heavy (non-hydrogen) atoms. The Morgan fingerprint density at radius 2 is 2.00 bits per heavy atom. The van der Waals surface area contributed by atoms with Crippen LogP contribution in [0.5, 0.6) is 0 Å². The van der Waals surface area contributed by atoms with Crippen molar-refractivity contribution in [3.63, 3.8) is 0 Å². The first-order chi connectivity index (χ1) is 9.03. The number of nitrogens with one attached hydrogen (secondary N) is 1. The average molecular weight is 282 g/mol. The van der Waals surface area contributed by atoms with E-state index in [1.807, 2.05) is 0 Å². The molecule has 1 aromatic carbocycles. The molecule has 2 N–H and O–H groups in total. The number of aliphatic hydroxyl groups is 1. The average Bonchev–Trinajstić information content (AvgIpc) is 2.39. The quantitative estimate of drug-likeness (QED) is 0.891. The van der Waals surface area contributed by atoms with Crippen molar-refractivity contribution in [2.75, 3.05) is 4.72 Å². The summed E-state index contributed by atoms with van der Waals surface area (Å²) < 4.78 is 39.3. The number of para-hydroxylation sites is 1. The number of aromatic nitrogens is 1. The molecule has 0 amide bonds. The van der Waals surface area contributed by atoms with E-state index in [1.165, 1.54) is 6.07 Å². The van der Waals surface area contributed by atoms with Crippen molar-refractivity contribution in [2.24, 2.45) is 0 Å². The van der Waals surface area contributed by atoms with Crippen LogP contribution >= 0.6 is 0 Å². The second-order valence-corrected chi connectivity index (χ2v) is 5.44. The zero-order chi connectivity index (χ0) is 13.9. The maximum atomic E-state index is 13.0. The second kappa shape index (κ2) is 5.33. The van der Waals surface area contributed by atoms with Gasteiger partial charge < -0.3 is 5.11 Å². The van der Waals surface area contributed by atoms with Crippen LogP contribution in [0.1, 0.15) is 5.56 Å². The number of anilines is 1. The molecule has 2 aromatic rings. The van der Waals surface area contributed by atoms with E-state index in [1.54, 1.807) is 18.2 Å².